The highest BCUT2D eigenvalue weighted by Crippen LogP contribution is 2.45. The third-order valence-electron chi connectivity index (χ3n) is 6.60. The molecule has 5 rings (SSSR count). The van der Waals surface area contributed by atoms with Gasteiger partial charge in [-0.15, -0.1) is 0 Å². The van der Waals surface area contributed by atoms with Crippen molar-refractivity contribution in [1.29, 1.82) is 0 Å². The van der Waals surface area contributed by atoms with Crippen molar-refractivity contribution in [2.24, 2.45) is 0 Å². The Morgan fingerprint density at radius 2 is 1.97 bits per heavy atom. The van der Waals surface area contributed by atoms with Crippen LogP contribution >= 0.6 is 11.6 Å². The molecule has 4 nitrogen and oxygen atoms in total. The standard InChI is InChI=1S/C26H29ClO4/c1-15-11-21(31-16(2)28)14-24(30-15)23-13-20(25(27)26-22(23)9-10-29-26)12-17-3-5-18(6-4-17)19-7-8-19/h3-6,13,15,19,21,24H,7-12,14H2,1-2H3. The van der Waals surface area contributed by atoms with Gasteiger partial charge in [0.25, 0.3) is 0 Å². The molecule has 0 bridgehead atoms. The molecule has 2 heterocycles. The summed E-state index contributed by atoms with van der Waals surface area (Å²) in [5.41, 5.74) is 6.01. The second-order valence-corrected chi connectivity index (χ2v) is 9.55. The Morgan fingerprint density at radius 1 is 1.19 bits per heavy atom. The Bertz CT molecular complexity index is 980. The molecular formula is C26H29ClO4. The van der Waals surface area contributed by atoms with Crippen LogP contribution in [0.2, 0.25) is 5.02 Å². The average Bonchev–Trinajstić information content (AvgIpc) is 3.46. The molecule has 0 N–H and O–H groups in total. The van der Waals surface area contributed by atoms with Gasteiger partial charge < -0.3 is 14.2 Å². The Hall–Kier alpha value is -2.04. The van der Waals surface area contributed by atoms with Gasteiger partial charge in [-0.1, -0.05) is 41.9 Å². The predicted molar refractivity (Wildman–Crippen MR) is 120 cm³/mol. The number of fused-ring (bicyclic) bond motifs is 1. The first-order valence-corrected chi connectivity index (χ1v) is 11.7. The van der Waals surface area contributed by atoms with Gasteiger partial charge in [-0.05, 0) is 54.4 Å². The summed E-state index contributed by atoms with van der Waals surface area (Å²) in [5.74, 6) is 1.32. The van der Waals surface area contributed by atoms with Crippen LogP contribution < -0.4 is 4.74 Å². The van der Waals surface area contributed by atoms with Gasteiger partial charge in [-0.2, -0.15) is 0 Å². The smallest absolute Gasteiger partial charge is 0.302 e. The molecule has 3 unspecified atom stereocenters. The topological polar surface area (TPSA) is 44.8 Å². The molecule has 164 valence electrons. The lowest BCUT2D eigenvalue weighted by molar-refractivity contribution is -0.158. The van der Waals surface area contributed by atoms with Crippen molar-refractivity contribution in [2.75, 3.05) is 6.61 Å². The van der Waals surface area contributed by atoms with E-state index in [4.69, 9.17) is 25.8 Å². The summed E-state index contributed by atoms with van der Waals surface area (Å²) in [6.07, 6.45) is 5.35. The molecule has 0 aromatic heterocycles. The Kier molecular flexibility index (Phi) is 5.70. The van der Waals surface area contributed by atoms with Gasteiger partial charge in [0.15, 0.2) is 0 Å². The van der Waals surface area contributed by atoms with Gasteiger partial charge >= 0.3 is 5.97 Å². The summed E-state index contributed by atoms with van der Waals surface area (Å²) in [7, 11) is 0. The van der Waals surface area contributed by atoms with E-state index in [0.717, 1.165) is 47.6 Å². The molecule has 5 heteroatoms. The minimum absolute atomic E-state index is 0.0233. The quantitative estimate of drug-likeness (QED) is 0.542. The highest BCUT2D eigenvalue weighted by molar-refractivity contribution is 6.33. The monoisotopic (exact) mass is 440 g/mol. The fourth-order valence-corrected chi connectivity index (χ4v) is 5.29. The largest absolute Gasteiger partial charge is 0.491 e. The number of hydrogen-bond acceptors (Lipinski definition) is 4. The third-order valence-corrected chi connectivity index (χ3v) is 7.02. The Morgan fingerprint density at radius 3 is 2.68 bits per heavy atom. The van der Waals surface area contributed by atoms with E-state index < -0.39 is 0 Å². The number of halogens is 1. The molecule has 1 saturated carbocycles. The molecular weight excluding hydrogens is 412 g/mol. The molecule has 0 spiro atoms. The zero-order chi connectivity index (χ0) is 21.5. The third kappa shape index (κ3) is 4.47. The number of carbonyl (C=O) groups is 1. The van der Waals surface area contributed by atoms with E-state index >= 15 is 0 Å². The summed E-state index contributed by atoms with van der Waals surface area (Å²) < 4.78 is 17.8. The first-order valence-electron chi connectivity index (χ1n) is 11.4. The normalized spacial score (nSPS) is 25.1. The van der Waals surface area contributed by atoms with Crippen molar-refractivity contribution < 1.29 is 19.0 Å². The maximum Gasteiger partial charge on any atom is 0.302 e. The summed E-state index contributed by atoms with van der Waals surface area (Å²) in [6, 6.07) is 11.1. The van der Waals surface area contributed by atoms with E-state index in [-0.39, 0.29) is 24.3 Å². The molecule has 31 heavy (non-hydrogen) atoms. The van der Waals surface area contributed by atoms with E-state index in [0.29, 0.717) is 18.1 Å². The SMILES string of the molecule is CC(=O)OC1CC(C)OC(c2cc(Cc3ccc(C4CC4)cc3)c(Cl)c3c2CCO3)C1. The van der Waals surface area contributed by atoms with Gasteiger partial charge in [0.1, 0.15) is 11.9 Å². The highest BCUT2D eigenvalue weighted by atomic mass is 35.5. The van der Waals surface area contributed by atoms with E-state index in [1.54, 1.807) is 0 Å². The fraction of sp³-hybridized carbons (Fsp3) is 0.500. The summed E-state index contributed by atoms with van der Waals surface area (Å²) in [6.45, 7) is 4.14. The summed E-state index contributed by atoms with van der Waals surface area (Å²) >= 11 is 6.80. The molecule has 3 aliphatic rings. The van der Waals surface area contributed by atoms with Gasteiger partial charge in [-0.3, -0.25) is 4.79 Å². The molecule has 1 aliphatic carbocycles. The molecule has 2 aromatic carbocycles. The number of hydrogen-bond donors (Lipinski definition) is 0. The molecule has 3 atom stereocenters. The maximum absolute atomic E-state index is 11.5. The van der Waals surface area contributed by atoms with Gasteiger partial charge in [0.05, 0.1) is 23.8 Å². The zero-order valence-corrected chi connectivity index (χ0v) is 18.9. The van der Waals surface area contributed by atoms with Crippen LogP contribution in [-0.2, 0) is 27.1 Å². The van der Waals surface area contributed by atoms with Gasteiger partial charge in [0.2, 0.25) is 0 Å². The highest BCUT2D eigenvalue weighted by Gasteiger charge is 2.34. The van der Waals surface area contributed by atoms with E-state index in [2.05, 4.69) is 30.3 Å². The number of carbonyl (C=O) groups excluding carboxylic acids is 1. The fourth-order valence-electron chi connectivity index (χ4n) is 5.00. The first kappa shape index (κ1) is 20.8. The van der Waals surface area contributed by atoms with Crippen LogP contribution in [0.15, 0.2) is 30.3 Å². The molecule has 1 saturated heterocycles. The van der Waals surface area contributed by atoms with Crippen LogP contribution in [0.25, 0.3) is 0 Å². The number of benzene rings is 2. The van der Waals surface area contributed by atoms with Crippen molar-refractivity contribution >= 4 is 17.6 Å². The number of ether oxygens (including phenoxy) is 3. The van der Waals surface area contributed by atoms with Crippen LogP contribution in [0.5, 0.6) is 5.75 Å². The molecule has 0 radical (unpaired) electrons. The van der Waals surface area contributed by atoms with Crippen LogP contribution in [0.4, 0.5) is 0 Å². The Labute approximate surface area is 188 Å². The maximum atomic E-state index is 11.5. The van der Waals surface area contributed by atoms with E-state index in [1.807, 2.05) is 6.92 Å². The Balaban J connectivity index is 1.44. The van der Waals surface area contributed by atoms with Crippen LogP contribution in [0.3, 0.4) is 0 Å². The number of rotatable bonds is 5. The lowest BCUT2D eigenvalue weighted by atomic mass is 9.89. The van der Waals surface area contributed by atoms with E-state index in [9.17, 15) is 4.79 Å². The van der Waals surface area contributed by atoms with Crippen molar-refractivity contribution in [1.82, 2.24) is 0 Å². The van der Waals surface area contributed by atoms with Crippen LogP contribution in [0.1, 0.15) is 79.4 Å². The van der Waals surface area contributed by atoms with Crippen molar-refractivity contribution in [3.8, 4) is 5.75 Å². The second-order valence-electron chi connectivity index (χ2n) is 9.18. The van der Waals surface area contributed by atoms with Crippen molar-refractivity contribution in [3.05, 3.63) is 63.2 Å². The lowest BCUT2D eigenvalue weighted by Crippen LogP contribution is -2.32. The molecule has 0 amide bonds. The van der Waals surface area contributed by atoms with Crippen LogP contribution in [0, 0.1) is 0 Å². The van der Waals surface area contributed by atoms with Gasteiger partial charge in [0, 0.05) is 31.7 Å². The number of esters is 1. The summed E-state index contributed by atoms with van der Waals surface area (Å²) in [5, 5.41) is 0.711. The van der Waals surface area contributed by atoms with Gasteiger partial charge in [-0.25, -0.2) is 0 Å². The zero-order valence-electron chi connectivity index (χ0n) is 18.2. The van der Waals surface area contributed by atoms with Crippen molar-refractivity contribution in [3.63, 3.8) is 0 Å². The first-order chi connectivity index (χ1) is 15.0. The predicted octanol–water partition coefficient (Wildman–Crippen LogP) is 5.91. The average molecular weight is 441 g/mol. The van der Waals surface area contributed by atoms with E-state index in [1.165, 1.54) is 30.9 Å². The van der Waals surface area contributed by atoms with Crippen molar-refractivity contribution in [2.45, 2.75) is 76.6 Å². The minimum Gasteiger partial charge on any atom is -0.491 e. The molecule has 2 aromatic rings. The molecule has 2 fully saturated rings. The minimum atomic E-state index is -0.238. The lowest BCUT2D eigenvalue weighted by Gasteiger charge is -2.34. The van der Waals surface area contributed by atoms with Crippen LogP contribution in [-0.4, -0.2) is 24.8 Å². The summed E-state index contributed by atoms with van der Waals surface area (Å²) in [4.78, 5) is 11.5. The second kappa shape index (κ2) is 8.48. The molecule has 2 aliphatic heterocycles.